The number of hydrogen-bond donors (Lipinski definition) is 2. The van der Waals surface area contributed by atoms with E-state index in [-0.39, 0.29) is 11.9 Å². The maximum absolute atomic E-state index is 12.5. The third-order valence-corrected chi connectivity index (χ3v) is 4.79. The summed E-state index contributed by atoms with van der Waals surface area (Å²) in [6, 6.07) is 4.81. The minimum absolute atomic E-state index is 0.126. The number of aryl methyl sites for hydroxylation is 1. The Labute approximate surface area is 151 Å². The van der Waals surface area contributed by atoms with Gasteiger partial charge in [-0.3, -0.25) is 9.69 Å². The predicted molar refractivity (Wildman–Crippen MR) is 93.9 cm³/mol. The number of esters is 1. The largest absolute Gasteiger partial charge is 0.448 e. The molecule has 0 radical (unpaired) electrons. The van der Waals surface area contributed by atoms with Gasteiger partial charge in [0.15, 0.2) is 6.10 Å². The van der Waals surface area contributed by atoms with Crippen LogP contribution in [-0.4, -0.2) is 50.3 Å². The number of nitrogens with zero attached hydrogens (tertiary/aromatic N) is 1. The van der Waals surface area contributed by atoms with Crippen LogP contribution in [0.15, 0.2) is 18.2 Å². The molecule has 0 aliphatic carbocycles. The number of nitrogens with one attached hydrogen (secondary N) is 1. The Morgan fingerprint density at radius 1 is 1.35 bits per heavy atom. The monoisotopic (exact) mass is 361 g/mol. The number of ether oxygens (including phenoxy) is 2. The van der Waals surface area contributed by atoms with Gasteiger partial charge in [-0.2, -0.15) is 0 Å². The van der Waals surface area contributed by atoms with E-state index in [1.54, 1.807) is 23.1 Å². The number of primary amides is 1. The first-order valence-electron chi connectivity index (χ1n) is 8.71. The van der Waals surface area contributed by atoms with Gasteiger partial charge in [0.25, 0.3) is 5.91 Å². The summed E-state index contributed by atoms with van der Waals surface area (Å²) in [7, 11) is 0. The smallest absolute Gasteiger partial charge is 0.338 e. The van der Waals surface area contributed by atoms with E-state index in [4.69, 9.17) is 15.2 Å². The highest BCUT2D eigenvalue weighted by molar-refractivity contribution is 5.97. The highest BCUT2D eigenvalue weighted by Crippen LogP contribution is 2.25. The van der Waals surface area contributed by atoms with Crippen molar-refractivity contribution in [2.45, 2.75) is 25.9 Å². The van der Waals surface area contributed by atoms with Gasteiger partial charge in [0, 0.05) is 37.9 Å². The number of nitrogens with two attached hydrogens (primary N) is 1. The number of carbonyl (C=O) groups excluding carboxylic acids is 3. The molecule has 0 aromatic heterocycles. The van der Waals surface area contributed by atoms with Crippen LogP contribution < -0.4 is 16.0 Å². The van der Waals surface area contributed by atoms with Crippen LogP contribution in [0.4, 0.5) is 10.5 Å². The molecule has 8 nitrogen and oxygen atoms in total. The number of rotatable bonds is 5. The summed E-state index contributed by atoms with van der Waals surface area (Å²) in [4.78, 5) is 37.7. The minimum atomic E-state index is -0.962. The fourth-order valence-corrected chi connectivity index (χ4v) is 3.38. The lowest BCUT2D eigenvalue weighted by atomic mass is 9.93. The Hall–Kier alpha value is -2.61. The van der Waals surface area contributed by atoms with Gasteiger partial charge in [-0.25, -0.2) is 9.59 Å². The maximum atomic E-state index is 12.5. The first-order valence-corrected chi connectivity index (χ1v) is 8.71. The molecule has 0 bridgehead atoms. The normalized spacial score (nSPS) is 19.1. The van der Waals surface area contributed by atoms with Gasteiger partial charge in [-0.15, -0.1) is 0 Å². The summed E-state index contributed by atoms with van der Waals surface area (Å²) in [5.74, 6) is -1.37. The van der Waals surface area contributed by atoms with Gasteiger partial charge in [0.05, 0.1) is 5.56 Å². The third-order valence-electron chi connectivity index (χ3n) is 4.79. The van der Waals surface area contributed by atoms with Gasteiger partial charge >= 0.3 is 12.0 Å². The molecule has 140 valence electrons. The van der Waals surface area contributed by atoms with Gasteiger partial charge in [0.2, 0.25) is 0 Å². The first-order chi connectivity index (χ1) is 12.5. The topological polar surface area (TPSA) is 111 Å². The summed E-state index contributed by atoms with van der Waals surface area (Å²) in [6.45, 7) is 4.04. The highest BCUT2D eigenvalue weighted by Gasteiger charge is 2.32. The number of anilines is 1. The summed E-state index contributed by atoms with van der Waals surface area (Å²) in [6.07, 6.45) is 0.294. The summed E-state index contributed by atoms with van der Waals surface area (Å²) < 4.78 is 10.7. The van der Waals surface area contributed by atoms with Crippen molar-refractivity contribution in [3.8, 4) is 0 Å². The van der Waals surface area contributed by atoms with Crippen molar-refractivity contribution >= 4 is 23.6 Å². The second-order valence-corrected chi connectivity index (χ2v) is 6.56. The SMILES string of the molecule is Cc1cc(C(=O)O[C@@H](C(N)=O)C2CCOCC2)ccc1N1CCNC1=O. The molecule has 1 aromatic carbocycles. The van der Waals surface area contributed by atoms with Crippen molar-refractivity contribution < 1.29 is 23.9 Å². The van der Waals surface area contributed by atoms with Crippen LogP contribution in [0.5, 0.6) is 0 Å². The Morgan fingerprint density at radius 3 is 2.65 bits per heavy atom. The molecule has 2 aliphatic rings. The molecular formula is C18H23N3O5. The fraction of sp³-hybridized carbons (Fsp3) is 0.500. The lowest BCUT2D eigenvalue weighted by molar-refractivity contribution is -0.131. The Kier molecular flexibility index (Phi) is 5.41. The van der Waals surface area contributed by atoms with Crippen LogP contribution in [0.25, 0.3) is 0 Å². The number of urea groups is 1. The molecule has 0 unspecified atom stereocenters. The quantitative estimate of drug-likeness (QED) is 0.759. The zero-order valence-electron chi connectivity index (χ0n) is 14.7. The summed E-state index contributed by atoms with van der Waals surface area (Å²) >= 11 is 0. The number of carbonyl (C=O) groups is 3. The van der Waals surface area contributed by atoms with E-state index in [0.717, 1.165) is 11.3 Å². The Morgan fingerprint density at radius 2 is 2.08 bits per heavy atom. The van der Waals surface area contributed by atoms with Crippen LogP contribution in [0.1, 0.15) is 28.8 Å². The van der Waals surface area contributed by atoms with E-state index in [1.807, 2.05) is 6.92 Å². The molecule has 2 saturated heterocycles. The molecule has 26 heavy (non-hydrogen) atoms. The van der Waals surface area contributed by atoms with Crippen LogP contribution in [0.3, 0.4) is 0 Å². The maximum Gasteiger partial charge on any atom is 0.338 e. The van der Waals surface area contributed by atoms with Gasteiger partial charge in [0.1, 0.15) is 0 Å². The van der Waals surface area contributed by atoms with Gasteiger partial charge < -0.3 is 20.5 Å². The second-order valence-electron chi connectivity index (χ2n) is 6.56. The molecular weight excluding hydrogens is 338 g/mol. The lowest BCUT2D eigenvalue weighted by Gasteiger charge is -2.28. The van der Waals surface area contributed by atoms with Crippen LogP contribution in [-0.2, 0) is 14.3 Å². The number of amides is 3. The number of benzene rings is 1. The van der Waals surface area contributed by atoms with E-state index < -0.39 is 18.0 Å². The second kappa shape index (κ2) is 7.74. The van der Waals surface area contributed by atoms with Crippen LogP contribution in [0, 0.1) is 12.8 Å². The molecule has 3 N–H and O–H groups in total. The lowest BCUT2D eigenvalue weighted by Crippen LogP contribution is -2.41. The fourth-order valence-electron chi connectivity index (χ4n) is 3.38. The summed E-state index contributed by atoms with van der Waals surface area (Å²) in [5, 5.41) is 2.74. The minimum Gasteiger partial charge on any atom is -0.448 e. The summed E-state index contributed by atoms with van der Waals surface area (Å²) in [5.41, 5.74) is 7.28. The van der Waals surface area contributed by atoms with E-state index >= 15 is 0 Å². The van der Waals surface area contributed by atoms with E-state index in [2.05, 4.69) is 5.32 Å². The van der Waals surface area contributed by atoms with E-state index in [1.165, 1.54) is 0 Å². The molecule has 1 atom stereocenters. The molecule has 0 saturated carbocycles. The standard InChI is InChI=1S/C18H23N3O5/c1-11-10-13(2-3-14(11)21-7-6-20-18(21)24)17(23)26-15(16(19)22)12-4-8-25-9-5-12/h2-3,10,12,15H,4-9H2,1H3,(H2,19,22)(H,20,24)/t15-/m1/s1. The molecule has 2 heterocycles. The Balaban J connectivity index is 1.73. The van der Waals surface area contributed by atoms with Crippen LogP contribution >= 0.6 is 0 Å². The highest BCUT2D eigenvalue weighted by atomic mass is 16.5. The van der Waals surface area contributed by atoms with Crippen molar-refractivity contribution in [3.63, 3.8) is 0 Å². The van der Waals surface area contributed by atoms with E-state index in [0.29, 0.717) is 44.7 Å². The zero-order chi connectivity index (χ0) is 18.7. The molecule has 3 amide bonds. The molecule has 2 fully saturated rings. The van der Waals surface area contributed by atoms with Crippen molar-refractivity contribution in [1.82, 2.24) is 5.32 Å². The molecule has 1 aromatic rings. The molecule has 3 rings (SSSR count). The van der Waals surface area contributed by atoms with Crippen LogP contribution in [0.2, 0.25) is 0 Å². The molecule has 0 spiro atoms. The average Bonchev–Trinajstić information content (AvgIpc) is 3.05. The molecule has 2 aliphatic heterocycles. The number of hydrogen-bond acceptors (Lipinski definition) is 5. The molecule has 8 heteroatoms. The third kappa shape index (κ3) is 3.80. The predicted octanol–water partition coefficient (Wildman–Crippen LogP) is 0.962. The van der Waals surface area contributed by atoms with Crippen molar-refractivity contribution in [3.05, 3.63) is 29.3 Å². The average molecular weight is 361 g/mol. The first kappa shape index (κ1) is 18.2. The van der Waals surface area contributed by atoms with Crippen molar-refractivity contribution in [2.75, 3.05) is 31.2 Å². The van der Waals surface area contributed by atoms with Crippen molar-refractivity contribution in [2.24, 2.45) is 11.7 Å². The van der Waals surface area contributed by atoms with E-state index in [9.17, 15) is 14.4 Å². The van der Waals surface area contributed by atoms with Crippen molar-refractivity contribution in [1.29, 1.82) is 0 Å². The zero-order valence-corrected chi connectivity index (χ0v) is 14.7. The van der Waals surface area contributed by atoms with Gasteiger partial charge in [-0.1, -0.05) is 0 Å². The Bertz CT molecular complexity index is 715. The van der Waals surface area contributed by atoms with Gasteiger partial charge in [-0.05, 0) is 43.5 Å².